The molecule has 6 heteroatoms. The predicted octanol–water partition coefficient (Wildman–Crippen LogP) is 3.32. The Balaban J connectivity index is 1.95. The van der Waals surface area contributed by atoms with E-state index in [4.69, 9.17) is 4.74 Å². The molecule has 1 aliphatic rings. The van der Waals surface area contributed by atoms with Crippen LogP contribution in [0.1, 0.15) is 5.56 Å². The Kier molecular flexibility index (Phi) is 4.06. The van der Waals surface area contributed by atoms with Crippen molar-refractivity contribution in [2.24, 2.45) is 0 Å². The first-order valence-corrected chi connectivity index (χ1v) is 9.33. The van der Waals surface area contributed by atoms with Crippen LogP contribution in [0.5, 0.6) is 5.75 Å². The monoisotopic (exact) mass is 335 g/mol. The van der Waals surface area contributed by atoms with Crippen LogP contribution in [0.4, 0.5) is 5.69 Å². The fourth-order valence-electron chi connectivity index (χ4n) is 2.36. The number of anilines is 1. The molecule has 1 aliphatic heterocycles. The molecule has 0 saturated heterocycles. The molecule has 0 spiro atoms. The molecule has 0 aliphatic carbocycles. The van der Waals surface area contributed by atoms with Crippen molar-refractivity contribution in [2.75, 3.05) is 19.0 Å². The molecule has 2 aromatic rings. The van der Waals surface area contributed by atoms with Gasteiger partial charge in [-0.25, -0.2) is 8.42 Å². The summed E-state index contributed by atoms with van der Waals surface area (Å²) in [5.41, 5.74) is 1.96. The minimum absolute atomic E-state index is 0.357. The number of fused-ring (bicyclic) bond motifs is 1. The lowest BCUT2D eigenvalue weighted by Gasteiger charge is -2.26. The van der Waals surface area contributed by atoms with E-state index in [0.29, 0.717) is 17.2 Å². The summed E-state index contributed by atoms with van der Waals surface area (Å²) >= 11 is 1.34. The van der Waals surface area contributed by atoms with E-state index in [9.17, 15) is 8.42 Å². The molecular formula is C16H17NO3S2. The maximum atomic E-state index is 12.8. The molecule has 0 aromatic heterocycles. The molecule has 0 saturated carbocycles. The fourth-order valence-corrected chi connectivity index (χ4v) is 5.57. The van der Waals surface area contributed by atoms with E-state index in [1.807, 2.05) is 37.3 Å². The third-order valence-electron chi connectivity index (χ3n) is 3.60. The van der Waals surface area contributed by atoms with Crippen molar-refractivity contribution in [2.45, 2.75) is 21.3 Å². The van der Waals surface area contributed by atoms with Gasteiger partial charge in [0.1, 0.15) is 10.3 Å². The summed E-state index contributed by atoms with van der Waals surface area (Å²) in [5, 5.41) is 3.19. The second kappa shape index (κ2) is 5.85. The standard InChI is InChI=1S/C16H17NO3S2/c1-11-6-8-12(9-7-11)22(18,19)15-10-17-13-4-3-5-14(20-2)16(13)21-15/h3-9,15,17H,10H2,1-2H3. The van der Waals surface area contributed by atoms with Crippen molar-refractivity contribution in [1.82, 2.24) is 0 Å². The third-order valence-corrected chi connectivity index (χ3v) is 7.53. The molecule has 22 heavy (non-hydrogen) atoms. The molecule has 0 radical (unpaired) electrons. The van der Waals surface area contributed by atoms with Gasteiger partial charge in [0.05, 0.1) is 22.6 Å². The molecule has 116 valence electrons. The Labute approximate surface area is 134 Å². The Morgan fingerprint density at radius 3 is 2.59 bits per heavy atom. The number of thioether (sulfide) groups is 1. The van der Waals surface area contributed by atoms with Crippen LogP contribution in [0, 0.1) is 6.92 Å². The maximum Gasteiger partial charge on any atom is 0.192 e. The van der Waals surface area contributed by atoms with Gasteiger partial charge < -0.3 is 10.1 Å². The summed E-state index contributed by atoms with van der Waals surface area (Å²) < 4.78 is 30.4. The number of methoxy groups -OCH3 is 1. The summed E-state index contributed by atoms with van der Waals surface area (Å²) in [6.45, 7) is 2.31. The van der Waals surface area contributed by atoms with Gasteiger partial charge in [0.25, 0.3) is 0 Å². The van der Waals surface area contributed by atoms with Gasteiger partial charge in [0.15, 0.2) is 9.84 Å². The first-order chi connectivity index (χ1) is 10.5. The normalized spacial score (nSPS) is 17.5. The molecular weight excluding hydrogens is 318 g/mol. The van der Waals surface area contributed by atoms with Gasteiger partial charge in [-0.3, -0.25) is 0 Å². The van der Waals surface area contributed by atoms with Crippen LogP contribution in [0.25, 0.3) is 0 Å². The first kappa shape index (κ1) is 15.2. The van der Waals surface area contributed by atoms with Gasteiger partial charge in [-0.05, 0) is 31.2 Å². The van der Waals surface area contributed by atoms with E-state index in [-0.39, 0.29) is 0 Å². The second-order valence-electron chi connectivity index (χ2n) is 5.12. The molecule has 1 N–H and O–H groups in total. The number of nitrogens with one attached hydrogen (secondary N) is 1. The lowest BCUT2D eigenvalue weighted by molar-refractivity contribution is 0.405. The molecule has 2 aromatic carbocycles. The molecule has 0 bridgehead atoms. The molecule has 4 nitrogen and oxygen atoms in total. The van der Waals surface area contributed by atoms with E-state index in [2.05, 4.69) is 5.32 Å². The lowest BCUT2D eigenvalue weighted by atomic mass is 10.2. The molecule has 1 heterocycles. The summed E-state index contributed by atoms with van der Waals surface area (Å²) in [6.07, 6.45) is 0. The number of ether oxygens (including phenoxy) is 1. The SMILES string of the molecule is COc1cccc2c1SC(S(=O)(=O)c1ccc(C)cc1)CN2. The van der Waals surface area contributed by atoms with Gasteiger partial charge in [-0.1, -0.05) is 35.5 Å². The zero-order valence-electron chi connectivity index (χ0n) is 12.4. The van der Waals surface area contributed by atoms with E-state index in [1.165, 1.54) is 11.8 Å². The largest absolute Gasteiger partial charge is 0.496 e. The van der Waals surface area contributed by atoms with Crippen LogP contribution in [0.2, 0.25) is 0 Å². The lowest BCUT2D eigenvalue weighted by Crippen LogP contribution is -2.29. The van der Waals surface area contributed by atoms with Crippen molar-refractivity contribution in [1.29, 1.82) is 0 Å². The summed E-state index contributed by atoms with van der Waals surface area (Å²) in [4.78, 5) is 1.20. The van der Waals surface area contributed by atoms with Crippen molar-refractivity contribution in [3.8, 4) is 5.75 Å². The van der Waals surface area contributed by atoms with Crippen molar-refractivity contribution >= 4 is 27.3 Å². The first-order valence-electron chi connectivity index (χ1n) is 6.90. The maximum absolute atomic E-state index is 12.8. The number of aryl methyl sites for hydroxylation is 1. The van der Waals surface area contributed by atoms with Crippen LogP contribution >= 0.6 is 11.8 Å². The fraction of sp³-hybridized carbons (Fsp3) is 0.250. The van der Waals surface area contributed by atoms with Crippen LogP contribution in [0.15, 0.2) is 52.3 Å². The van der Waals surface area contributed by atoms with Crippen molar-refractivity contribution in [3.05, 3.63) is 48.0 Å². The Hall–Kier alpha value is -1.66. The van der Waals surface area contributed by atoms with E-state index >= 15 is 0 Å². The smallest absolute Gasteiger partial charge is 0.192 e. The van der Waals surface area contributed by atoms with Crippen molar-refractivity contribution < 1.29 is 13.2 Å². The van der Waals surface area contributed by atoms with Gasteiger partial charge in [-0.15, -0.1) is 0 Å². The topological polar surface area (TPSA) is 55.4 Å². The van der Waals surface area contributed by atoms with E-state index in [1.54, 1.807) is 19.2 Å². The molecule has 3 rings (SSSR count). The summed E-state index contributed by atoms with van der Waals surface area (Å²) in [6, 6.07) is 12.6. The Morgan fingerprint density at radius 2 is 1.91 bits per heavy atom. The Morgan fingerprint density at radius 1 is 1.18 bits per heavy atom. The number of benzene rings is 2. The average molecular weight is 335 g/mol. The van der Waals surface area contributed by atoms with Gasteiger partial charge in [0, 0.05) is 6.54 Å². The van der Waals surface area contributed by atoms with Crippen LogP contribution in [-0.2, 0) is 9.84 Å². The minimum Gasteiger partial charge on any atom is -0.496 e. The van der Waals surface area contributed by atoms with Crippen molar-refractivity contribution in [3.63, 3.8) is 0 Å². The van der Waals surface area contributed by atoms with Gasteiger partial charge in [-0.2, -0.15) is 0 Å². The predicted molar refractivity (Wildman–Crippen MR) is 89.5 cm³/mol. The third kappa shape index (κ3) is 2.68. The number of hydrogen-bond donors (Lipinski definition) is 1. The molecule has 0 fully saturated rings. The van der Waals surface area contributed by atoms with E-state index < -0.39 is 14.4 Å². The Bertz CT molecular complexity index is 771. The highest BCUT2D eigenvalue weighted by molar-refractivity contribution is 8.13. The van der Waals surface area contributed by atoms with E-state index in [0.717, 1.165) is 16.1 Å². The minimum atomic E-state index is -3.40. The highest BCUT2D eigenvalue weighted by Gasteiger charge is 2.33. The number of rotatable bonds is 3. The van der Waals surface area contributed by atoms with Gasteiger partial charge >= 0.3 is 0 Å². The quantitative estimate of drug-likeness (QED) is 0.932. The average Bonchev–Trinajstić information content (AvgIpc) is 2.54. The number of hydrogen-bond acceptors (Lipinski definition) is 5. The summed E-state index contributed by atoms with van der Waals surface area (Å²) in [7, 11) is -1.81. The van der Waals surface area contributed by atoms with Gasteiger partial charge in [0.2, 0.25) is 0 Å². The number of sulfone groups is 1. The van der Waals surface area contributed by atoms with Crippen LogP contribution in [-0.4, -0.2) is 26.7 Å². The van der Waals surface area contributed by atoms with Crippen LogP contribution in [0.3, 0.4) is 0 Å². The molecule has 1 unspecified atom stereocenters. The highest BCUT2D eigenvalue weighted by Crippen LogP contribution is 2.44. The second-order valence-corrected chi connectivity index (χ2v) is 8.77. The summed E-state index contributed by atoms with van der Waals surface area (Å²) in [5.74, 6) is 0.693. The highest BCUT2D eigenvalue weighted by atomic mass is 32.3. The molecule has 1 atom stereocenters. The van der Waals surface area contributed by atoms with Crippen LogP contribution < -0.4 is 10.1 Å². The zero-order chi connectivity index (χ0) is 15.7. The zero-order valence-corrected chi connectivity index (χ0v) is 14.0. The molecule has 0 amide bonds.